The fourth-order valence-electron chi connectivity index (χ4n) is 4.36. The Balaban J connectivity index is 1.64. The zero-order chi connectivity index (χ0) is 18.5. The molecule has 1 saturated heterocycles. The number of rotatable bonds is 5. The summed E-state index contributed by atoms with van der Waals surface area (Å²) >= 11 is 0. The number of nitrogens with one attached hydrogen (secondary N) is 2. The standard InChI is InChI=1S/C24H27N3/c1-20-10-8-15-23(25-20)24-26(18-21-11-4-2-5-12-21)16-9-17-27(24)19-22-13-6-3-7-14-22/h2-8,10-15,24H,9,16-19H2,1H3/p+2. The molecule has 0 radical (unpaired) electrons. The first-order valence-electron chi connectivity index (χ1n) is 10.00. The van der Waals surface area contributed by atoms with Crippen LogP contribution in [0.3, 0.4) is 0 Å². The SMILES string of the molecule is Cc1cccc(C2[NH+](Cc3ccccc3)CCC[NH+]2Cc2ccccc2)n1. The second kappa shape index (κ2) is 8.47. The van der Waals surface area contributed by atoms with Crippen molar-refractivity contribution in [3.8, 4) is 0 Å². The molecule has 2 unspecified atom stereocenters. The highest BCUT2D eigenvalue weighted by atomic mass is 15.4. The lowest BCUT2D eigenvalue weighted by Crippen LogP contribution is -3.32. The van der Waals surface area contributed by atoms with Gasteiger partial charge in [0.1, 0.15) is 13.1 Å². The van der Waals surface area contributed by atoms with Gasteiger partial charge >= 0.3 is 0 Å². The van der Waals surface area contributed by atoms with Gasteiger partial charge in [0.2, 0.25) is 0 Å². The summed E-state index contributed by atoms with van der Waals surface area (Å²) < 4.78 is 0. The first-order chi connectivity index (χ1) is 13.3. The van der Waals surface area contributed by atoms with Crippen LogP contribution in [0.25, 0.3) is 0 Å². The molecule has 0 saturated carbocycles. The van der Waals surface area contributed by atoms with Gasteiger partial charge in [0.05, 0.1) is 13.1 Å². The van der Waals surface area contributed by atoms with Crippen LogP contribution in [-0.2, 0) is 13.1 Å². The molecule has 2 atom stereocenters. The van der Waals surface area contributed by atoms with Gasteiger partial charge in [-0.15, -0.1) is 0 Å². The molecule has 0 bridgehead atoms. The van der Waals surface area contributed by atoms with E-state index < -0.39 is 0 Å². The van der Waals surface area contributed by atoms with E-state index in [0.29, 0.717) is 6.17 Å². The lowest BCUT2D eigenvalue weighted by molar-refractivity contribution is -1.16. The molecule has 0 aliphatic carbocycles. The summed E-state index contributed by atoms with van der Waals surface area (Å²) in [5, 5.41) is 0. The molecule has 3 heteroatoms. The Hall–Kier alpha value is -2.49. The number of hydrogen-bond acceptors (Lipinski definition) is 1. The third-order valence-corrected chi connectivity index (χ3v) is 5.57. The van der Waals surface area contributed by atoms with E-state index in [9.17, 15) is 0 Å². The van der Waals surface area contributed by atoms with Crippen LogP contribution in [0.2, 0.25) is 0 Å². The number of pyridine rings is 1. The summed E-state index contributed by atoms with van der Waals surface area (Å²) in [4.78, 5) is 8.18. The number of hydrogen-bond donors (Lipinski definition) is 2. The minimum Gasteiger partial charge on any atom is -0.277 e. The molecular formula is C24H29N3+2. The molecular weight excluding hydrogens is 330 g/mol. The van der Waals surface area contributed by atoms with Crippen LogP contribution in [0.5, 0.6) is 0 Å². The molecule has 1 aliphatic heterocycles. The van der Waals surface area contributed by atoms with Crippen LogP contribution >= 0.6 is 0 Å². The van der Waals surface area contributed by atoms with Crippen molar-refractivity contribution < 1.29 is 9.80 Å². The van der Waals surface area contributed by atoms with Gasteiger partial charge < -0.3 is 0 Å². The smallest absolute Gasteiger partial charge is 0.257 e. The molecule has 1 aliphatic rings. The number of quaternary nitrogens is 2. The van der Waals surface area contributed by atoms with E-state index in [0.717, 1.165) is 18.8 Å². The van der Waals surface area contributed by atoms with Crippen molar-refractivity contribution in [1.82, 2.24) is 4.98 Å². The summed E-state index contributed by atoms with van der Waals surface area (Å²) in [6, 6.07) is 28.3. The van der Waals surface area contributed by atoms with E-state index in [1.165, 1.54) is 36.3 Å². The topological polar surface area (TPSA) is 21.8 Å². The molecule has 3 nitrogen and oxygen atoms in total. The molecule has 4 rings (SSSR count). The average molecular weight is 360 g/mol. The molecule has 2 aromatic carbocycles. The highest BCUT2D eigenvalue weighted by Crippen LogP contribution is 2.07. The third kappa shape index (κ3) is 4.44. The summed E-state index contributed by atoms with van der Waals surface area (Å²) in [5.41, 5.74) is 5.15. The van der Waals surface area contributed by atoms with Gasteiger partial charge in [0.25, 0.3) is 6.17 Å². The molecule has 27 heavy (non-hydrogen) atoms. The predicted molar refractivity (Wildman–Crippen MR) is 108 cm³/mol. The van der Waals surface area contributed by atoms with Crippen LogP contribution < -0.4 is 9.80 Å². The van der Waals surface area contributed by atoms with Gasteiger partial charge in [-0.2, -0.15) is 0 Å². The Kier molecular flexibility index (Phi) is 5.61. The maximum atomic E-state index is 4.94. The quantitative estimate of drug-likeness (QED) is 0.714. The number of aryl methyl sites for hydroxylation is 1. The molecule has 0 amide bonds. The van der Waals surface area contributed by atoms with Crippen molar-refractivity contribution >= 4 is 0 Å². The number of benzene rings is 2. The summed E-state index contributed by atoms with van der Waals surface area (Å²) in [6.07, 6.45) is 1.63. The fraction of sp³-hybridized carbons (Fsp3) is 0.292. The van der Waals surface area contributed by atoms with Gasteiger partial charge in [0, 0.05) is 23.2 Å². The minimum atomic E-state index is 0.374. The van der Waals surface area contributed by atoms with Crippen LogP contribution in [0.4, 0.5) is 0 Å². The van der Waals surface area contributed by atoms with Gasteiger partial charge in [-0.1, -0.05) is 66.7 Å². The minimum absolute atomic E-state index is 0.374. The monoisotopic (exact) mass is 359 g/mol. The Bertz CT molecular complexity index is 798. The zero-order valence-electron chi connectivity index (χ0n) is 16.1. The maximum Gasteiger partial charge on any atom is 0.257 e. The van der Waals surface area contributed by atoms with Crippen molar-refractivity contribution in [1.29, 1.82) is 0 Å². The zero-order valence-corrected chi connectivity index (χ0v) is 16.1. The van der Waals surface area contributed by atoms with Crippen molar-refractivity contribution in [2.75, 3.05) is 13.1 Å². The van der Waals surface area contributed by atoms with E-state index in [1.54, 1.807) is 9.80 Å². The molecule has 138 valence electrons. The van der Waals surface area contributed by atoms with Crippen LogP contribution in [0, 0.1) is 6.92 Å². The highest BCUT2D eigenvalue weighted by Gasteiger charge is 2.38. The largest absolute Gasteiger partial charge is 0.277 e. The van der Waals surface area contributed by atoms with Crippen LogP contribution in [0.1, 0.15) is 35.1 Å². The van der Waals surface area contributed by atoms with Gasteiger partial charge in [-0.25, -0.2) is 4.98 Å². The van der Waals surface area contributed by atoms with Crippen LogP contribution in [0.15, 0.2) is 78.9 Å². The first-order valence-corrected chi connectivity index (χ1v) is 10.00. The maximum absolute atomic E-state index is 4.94. The normalized spacial score (nSPS) is 22.5. The Morgan fingerprint density at radius 3 is 1.81 bits per heavy atom. The molecule has 1 fully saturated rings. The van der Waals surface area contributed by atoms with E-state index in [-0.39, 0.29) is 0 Å². The van der Waals surface area contributed by atoms with E-state index in [4.69, 9.17) is 4.98 Å². The van der Waals surface area contributed by atoms with Gasteiger partial charge in [-0.3, -0.25) is 9.80 Å². The average Bonchev–Trinajstić information content (AvgIpc) is 2.70. The number of nitrogens with zero attached hydrogens (tertiary/aromatic N) is 1. The fourth-order valence-corrected chi connectivity index (χ4v) is 4.36. The lowest BCUT2D eigenvalue weighted by atomic mass is 10.1. The summed E-state index contributed by atoms with van der Waals surface area (Å²) in [7, 11) is 0. The van der Waals surface area contributed by atoms with Crippen molar-refractivity contribution in [2.24, 2.45) is 0 Å². The number of aromatic nitrogens is 1. The van der Waals surface area contributed by atoms with E-state index in [1.807, 2.05) is 0 Å². The van der Waals surface area contributed by atoms with Crippen LogP contribution in [-0.4, -0.2) is 18.1 Å². The van der Waals surface area contributed by atoms with Crippen molar-refractivity contribution in [2.45, 2.75) is 32.6 Å². The van der Waals surface area contributed by atoms with Gasteiger partial charge in [0.15, 0.2) is 5.69 Å². The molecule has 1 aromatic heterocycles. The molecule has 2 heterocycles. The Labute approximate surface area is 162 Å². The van der Waals surface area contributed by atoms with Crippen molar-refractivity contribution in [3.05, 3.63) is 101 Å². The Morgan fingerprint density at radius 2 is 1.30 bits per heavy atom. The van der Waals surface area contributed by atoms with Gasteiger partial charge in [-0.05, 0) is 19.1 Å². The second-order valence-corrected chi connectivity index (χ2v) is 7.63. The molecule has 3 aromatic rings. The summed E-state index contributed by atoms with van der Waals surface area (Å²) in [5.74, 6) is 0. The highest BCUT2D eigenvalue weighted by molar-refractivity contribution is 5.15. The van der Waals surface area contributed by atoms with E-state index >= 15 is 0 Å². The lowest BCUT2D eigenvalue weighted by Gasteiger charge is -2.38. The first kappa shape index (κ1) is 17.9. The van der Waals surface area contributed by atoms with E-state index in [2.05, 4.69) is 85.8 Å². The molecule has 0 spiro atoms. The predicted octanol–water partition coefficient (Wildman–Crippen LogP) is 1.96. The summed E-state index contributed by atoms with van der Waals surface area (Å²) in [6.45, 7) is 6.61. The molecule has 2 N–H and O–H groups in total. The third-order valence-electron chi connectivity index (χ3n) is 5.57. The van der Waals surface area contributed by atoms with Crippen molar-refractivity contribution in [3.63, 3.8) is 0 Å². The second-order valence-electron chi connectivity index (χ2n) is 7.63. The Morgan fingerprint density at radius 1 is 0.741 bits per heavy atom.